The number of aryl methyl sites for hydroxylation is 4. The van der Waals surface area contributed by atoms with Crippen LogP contribution in [-0.2, 0) is 26.2 Å². The second kappa shape index (κ2) is 7.41. The minimum atomic E-state index is 0. The van der Waals surface area contributed by atoms with Crippen LogP contribution in [0.4, 0.5) is 0 Å². The van der Waals surface area contributed by atoms with Gasteiger partial charge in [-0.05, 0) is 0 Å². The van der Waals surface area contributed by atoms with Crippen LogP contribution in [0.3, 0.4) is 0 Å². The van der Waals surface area contributed by atoms with Crippen LogP contribution in [0.2, 0.25) is 0 Å². The summed E-state index contributed by atoms with van der Waals surface area (Å²) in [6, 6.07) is 21.5. The Balaban J connectivity index is 0.000000160. The molecule has 1 heteroatoms. The summed E-state index contributed by atoms with van der Waals surface area (Å²) in [6.45, 7) is 8.68. The van der Waals surface area contributed by atoms with Crippen LogP contribution >= 0.6 is 0 Å². The molecule has 0 heterocycles. The van der Waals surface area contributed by atoms with Crippen molar-refractivity contribution in [2.45, 2.75) is 27.7 Å². The maximum absolute atomic E-state index is 2.24. The summed E-state index contributed by atoms with van der Waals surface area (Å²) >= 11 is 0. The summed E-state index contributed by atoms with van der Waals surface area (Å²) in [5.41, 5.74) is 5.62. The van der Waals surface area contributed by atoms with Crippen LogP contribution in [-0.4, -0.2) is 0 Å². The molecule has 114 valence electrons. The van der Waals surface area contributed by atoms with Gasteiger partial charge in [0.05, 0.1) is 0 Å². The van der Waals surface area contributed by atoms with Crippen molar-refractivity contribution in [2.75, 3.05) is 0 Å². The summed E-state index contributed by atoms with van der Waals surface area (Å²) in [5.74, 6) is 0. The molecule has 0 fully saturated rings. The Labute approximate surface area is 158 Å². The Morgan fingerprint density at radius 1 is 0.565 bits per heavy atom. The first-order chi connectivity index (χ1) is 10.6. The fraction of sp³-hybridized carbons (Fsp3) is 0.182. The van der Waals surface area contributed by atoms with Crippen LogP contribution in [0, 0.1) is 27.7 Å². The minimum absolute atomic E-state index is 0. The first kappa shape index (κ1) is 17.9. The normalized spacial score (nSPS) is 10.3. The van der Waals surface area contributed by atoms with Gasteiger partial charge < -0.3 is 0 Å². The average Bonchev–Trinajstić information content (AvgIpc) is 2.98. The largest absolute Gasteiger partial charge is 2.00 e. The van der Waals surface area contributed by atoms with Gasteiger partial charge in [0.25, 0.3) is 0 Å². The van der Waals surface area contributed by atoms with Gasteiger partial charge in [0.1, 0.15) is 0 Å². The molecule has 4 aromatic rings. The Morgan fingerprint density at radius 3 is 1.26 bits per heavy atom. The molecule has 0 bridgehead atoms. The van der Waals surface area contributed by atoms with E-state index in [1.807, 2.05) is 0 Å². The average molecular weight is 378 g/mol. The molecule has 0 aliphatic carbocycles. The standard InChI is InChI=1S/2C11H11.Zr/c2*1-8-7-10-5-3-4-6-11(10)9(8)2;/h2*3-7H,1-2H3;/q2*-1;+2. The van der Waals surface area contributed by atoms with Crippen molar-refractivity contribution in [2.24, 2.45) is 0 Å². The van der Waals surface area contributed by atoms with E-state index in [1.54, 1.807) is 0 Å². The quantitative estimate of drug-likeness (QED) is 0.313. The van der Waals surface area contributed by atoms with Crippen molar-refractivity contribution in [3.63, 3.8) is 0 Å². The second-order valence-corrected chi connectivity index (χ2v) is 6.08. The molecule has 0 amide bonds. The summed E-state index contributed by atoms with van der Waals surface area (Å²) in [6.07, 6.45) is 0. The number of hydrogen-bond donors (Lipinski definition) is 0. The molecule has 4 aromatic carbocycles. The number of fused-ring (bicyclic) bond motifs is 2. The zero-order valence-electron chi connectivity index (χ0n) is 14.3. The van der Waals surface area contributed by atoms with Crippen molar-refractivity contribution in [1.29, 1.82) is 0 Å². The van der Waals surface area contributed by atoms with Gasteiger partial charge in [-0.2, -0.15) is 11.1 Å². The molecule has 0 unspecified atom stereocenters. The predicted octanol–water partition coefficient (Wildman–Crippen LogP) is 6.35. The third kappa shape index (κ3) is 3.56. The van der Waals surface area contributed by atoms with Crippen LogP contribution in [0.5, 0.6) is 0 Å². The molecule has 0 radical (unpaired) electrons. The third-order valence-electron chi connectivity index (χ3n) is 4.66. The van der Waals surface area contributed by atoms with Gasteiger partial charge in [0.15, 0.2) is 0 Å². The first-order valence-electron chi connectivity index (χ1n) is 7.81. The zero-order chi connectivity index (χ0) is 15.7. The molecule has 0 atom stereocenters. The topological polar surface area (TPSA) is 0 Å². The Bertz CT molecular complexity index is 844. The van der Waals surface area contributed by atoms with Crippen molar-refractivity contribution in [1.82, 2.24) is 0 Å². The van der Waals surface area contributed by atoms with Crippen molar-refractivity contribution >= 4 is 21.5 Å². The Morgan fingerprint density at radius 2 is 0.913 bits per heavy atom. The van der Waals surface area contributed by atoms with E-state index >= 15 is 0 Å². The summed E-state index contributed by atoms with van der Waals surface area (Å²) < 4.78 is 0. The number of benzene rings is 2. The Kier molecular flexibility index (Phi) is 5.76. The molecule has 0 spiro atoms. The van der Waals surface area contributed by atoms with Crippen LogP contribution in [0.15, 0.2) is 60.7 Å². The SMILES string of the molecule is Cc1[cH-]c2ccccc2c1C.Cc1[cH-]c2ccccc2c1C.[Zr+2]. The van der Waals surface area contributed by atoms with Crippen molar-refractivity contribution in [3.05, 3.63) is 82.9 Å². The Hall–Kier alpha value is -1.46. The van der Waals surface area contributed by atoms with Crippen molar-refractivity contribution in [3.8, 4) is 0 Å². The predicted molar refractivity (Wildman–Crippen MR) is 98.0 cm³/mol. The van der Waals surface area contributed by atoms with Gasteiger partial charge in [-0.3, -0.25) is 0 Å². The number of hydrogen-bond acceptors (Lipinski definition) is 0. The molecule has 4 rings (SSSR count). The van der Waals surface area contributed by atoms with E-state index in [9.17, 15) is 0 Å². The van der Waals surface area contributed by atoms with E-state index in [2.05, 4.69) is 88.4 Å². The maximum Gasteiger partial charge on any atom is 2.00 e. The van der Waals surface area contributed by atoms with Crippen LogP contribution < -0.4 is 0 Å². The van der Waals surface area contributed by atoms with E-state index < -0.39 is 0 Å². The molecule has 0 aromatic heterocycles. The van der Waals surface area contributed by atoms with Crippen LogP contribution in [0.1, 0.15) is 22.3 Å². The minimum Gasteiger partial charge on any atom is -0.154 e. The molecular formula is C22H22Zr. The monoisotopic (exact) mass is 376 g/mol. The molecule has 0 aliphatic heterocycles. The molecule has 0 aliphatic rings. The second-order valence-electron chi connectivity index (χ2n) is 6.08. The van der Waals surface area contributed by atoms with Gasteiger partial charge in [-0.15, -0.1) is 81.2 Å². The van der Waals surface area contributed by atoms with E-state index in [1.165, 1.54) is 43.8 Å². The van der Waals surface area contributed by atoms with Gasteiger partial charge in [-0.25, -0.2) is 0 Å². The molecule has 0 saturated heterocycles. The van der Waals surface area contributed by atoms with Gasteiger partial charge in [0, 0.05) is 0 Å². The summed E-state index contributed by atoms with van der Waals surface area (Å²) in [7, 11) is 0. The van der Waals surface area contributed by atoms with E-state index in [-0.39, 0.29) is 26.2 Å². The van der Waals surface area contributed by atoms with Gasteiger partial charge in [-0.1, -0.05) is 39.8 Å². The van der Waals surface area contributed by atoms with Gasteiger partial charge >= 0.3 is 26.2 Å². The third-order valence-corrected chi connectivity index (χ3v) is 4.66. The van der Waals surface area contributed by atoms with Crippen molar-refractivity contribution < 1.29 is 26.2 Å². The van der Waals surface area contributed by atoms with Crippen LogP contribution in [0.25, 0.3) is 21.5 Å². The molecule has 23 heavy (non-hydrogen) atoms. The summed E-state index contributed by atoms with van der Waals surface area (Å²) in [5, 5.41) is 5.51. The molecule has 0 nitrogen and oxygen atoms in total. The van der Waals surface area contributed by atoms with Gasteiger partial charge in [0.2, 0.25) is 0 Å². The smallest absolute Gasteiger partial charge is 0.154 e. The van der Waals surface area contributed by atoms with E-state index in [4.69, 9.17) is 0 Å². The fourth-order valence-electron chi connectivity index (χ4n) is 3.04. The number of rotatable bonds is 0. The van der Waals surface area contributed by atoms with E-state index in [0.717, 1.165) is 0 Å². The first-order valence-corrected chi connectivity index (χ1v) is 7.81. The molecular weight excluding hydrogens is 355 g/mol. The summed E-state index contributed by atoms with van der Waals surface area (Å²) in [4.78, 5) is 0. The molecule has 0 saturated carbocycles. The maximum atomic E-state index is 2.24. The van der Waals surface area contributed by atoms with E-state index in [0.29, 0.717) is 0 Å². The molecule has 0 N–H and O–H groups in total. The fourth-order valence-corrected chi connectivity index (χ4v) is 3.04. The zero-order valence-corrected chi connectivity index (χ0v) is 16.7.